The van der Waals surface area contributed by atoms with Gasteiger partial charge in [0.2, 0.25) is 5.82 Å². The molecule has 0 radical (unpaired) electrons. The van der Waals surface area contributed by atoms with E-state index in [1.165, 1.54) is 0 Å². The topological polar surface area (TPSA) is 129 Å². The molecule has 244 valence electrons. The first kappa shape index (κ1) is 30.0. The highest BCUT2D eigenvalue weighted by Gasteiger charge is 2.42. The van der Waals surface area contributed by atoms with E-state index in [0.29, 0.717) is 47.3 Å². The number of para-hydroxylation sites is 1. The first-order valence-corrected chi connectivity index (χ1v) is 15.7. The van der Waals surface area contributed by atoms with E-state index in [9.17, 15) is 13.2 Å². The Morgan fingerprint density at radius 2 is 1.87 bits per heavy atom. The Kier molecular flexibility index (Phi) is 7.29. The predicted octanol–water partition coefficient (Wildman–Crippen LogP) is 5.49. The van der Waals surface area contributed by atoms with E-state index in [1.54, 1.807) is 24.4 Å². The van der Waals surface area contributed by atoms with Crippen molar-refractivity contribution in [2.45, 2.75) is 63.3 Å². The maximum absolute atomic E-state index is 13.1. The molecule has 2 saturated heterocycles. The molecule has 0 spiro atoms. The van der Waals surface area contributed by atoms with Crippen molar-refractivity contribution in [3.8, 4) is 23.0 Å². The van der Waals surface area contributed by atoms with Crippen LogP contribution in [-0.2, 0) is 29.8 Å². The Balaban J connectivity index is 0.996. The van der Waals surface area contributed by atoms with Gasteiger partial charge in [0.25, 0.3) is 5.79 Å². The smallest absolute Gasteiger partial charge is 0.443 e. The van der Waals surface area contributed by atoms with Crippen LogP contribution in [0.5, 0.6) is 11.5 Å². The Bertz CT molecular complexity index is 1940. The Morgan fingerprint density at radius 3 is 2.57 bits per heavy atom. The lowest BCUT2D eigenvalue weighted by Crippen LogP contribution is -2.35. The van der Waals surface area contributed by atoms with Crippen LogP contribution in [0.4, 0.5) is 13.2 Å². The molecular formula is C31H29ClF3N9O3. The van der Waals surface area contributed by atoms with Crippen LogP contribution in [0, 0.1) is 0 Å². The molecule has 8 rings (SSSR count). The van der Waals surface area contributed by atoms with Gasteiger partial charge in [0.05, 0.1) is 24.2 Å². The van der Waals surface area contributed by atoms with Gasteiger partial charge >= 0.3 is 6.18 Å². The number of aromatic nitrogens is 8. The number of hydrogen-bond donors (Lipinski definition) is 1. The number of hydrogen-bond acceptors (Lipinski definition) is 10. The third-order valence-electron chi connectivity index (χ3n) is 8.95. The predicted molar refractivity (Wildman–Crippen MR) is 162 cm³/mol. The van der Waals surface area contributed by atoms with Gasteiger partial charge < -0.3 is 23.8 Å². The van der Waals surface area contributed by atoms with Crippen LogP contribution in [-0.4, -0.2) is 70.6 Å². The van der Waals surface area contributed by atoms with Gasteiger partial charge in [-0.05, 0) is 62.5 Å². The van der Waals surface area contributed by atoms with E-state index < -0.39 is 17.8 Å². The number of likely N-dealkylation sites (tertiary alicyclic amines) is 1. The highest BCUT2D eigenvalue weighted by atomic mass is 35.5. The first-order valence-electron chi connectivity index (χ1n) is 15.3. The van der Waals surface area contributed by atoms with Gasteiger partial charge in [-0.2, -0.15) is 13.2 Å². The molecule has 1 N–H and O–H groups in total. The second kappa shape index (κ2) is 11.4. The minimum Gasteiger partial charge on any atom is -0.443 e. The summed E-state index contributed by atoms with van der Waals surface area (Å²) in [6, 6.07) is 11.2. The Labute approximate surface area is 271 Å². The molecule has 12 nitrogen and oxygen atoms in total. The van der Waals surface area contributed by atoms with Gasteiger partial charge in [0, 0.05) is 25.3 Å². The zero-order chi connectivity index (χ0) is 32.3. The van der Waals surface area contributed by atoms with Crippen molar-refractivity contribution >= 4 is 22.8 Å². The van der Waals surface area contributed by atoms with Crippen molar-refractivity contribution in [1.29, 1.82) is 0 Å². The van der Waals surface area contributed by atoms with Gasteiger partial charge in [-0.15, -0.1) is 20.4 Å². The number of pyridine rings is 1. The molecule has 1 aromatic carbocycles. The lowest BCUT2D eigenvalue weighted by atomic mass is 9.88. The summed E-state index contributed by atoms with van der Waals surface area (Å²) in [6.45, 7) is 5.34. The summed E-state index contributed by atoms with van der Waals surface area (Å²) < 4.78 is 59.6. The fourth-order valence-corrected chi connectivity index (χ4v) is 6.47. The van der Waals surface area contributed by atoms with Crippen LogP contribution < -0.4 is 9.47 Å². The van der Waals surface area contributed by atoms with Gasteiger partial charge in [-0.3, -0.25) is 9.88 Å². The number of aromatic amines is 1. The highest BCUT2D eigenvalue weighted by Crippen LogP contribution is 2.49. The second-order valence-electron chi connectivity index (χ2n) is 12.1. The number of fused-ring (bicyclic) bond motifs is 2. The number of benzene rings is 1. The highest BCUT2D eigenvalue weighted by molar-refractivity contribution is 6.30. The molecule has 0 aliphatic carbocycles. The molecule has 4 aromatic heterocycles. The summed E-state index contributed by atoms with van der Waals surface area (Å²) in [5.74, 6) is 0.121. The number of nitrogens with zero attached hydrogens (tertiary/aromatic N) is 8. The quantitative estimate of drug-likeness (QED) is 0.238. The maximum atomic E-state index is 13.1. The first-order chi connectivity index (χ1) is 22.6. The van der Waals surface area contributed by atoms with E-state index in [1.807, 2.05) is 23.6 Å². The molecule has 16 heteroatoms. The van der Waals surface area contributed by atoms with Gasteiger partial charge in [0.1, 0.15) is 22.7 Å². The monoisotopic (exact) mass is 667 g/mol. The van der Waals surface area contributed by atoms with Gasteiger partial charge in [-0.25, -0.2) is 4.98 Å². The molecule has 47 heavy (non-hydrogen) atoms. The summed E-state index contributed by atoms with van der Waals surface area (Å²) in [5, 5.41) is 15.9. The fraction of sp³-hybridized carbons (Fsp3) is 0.419. The minimum atomic E-state index is -4.65. The molecule has 0 bridgehead atoms. The number of halogens is 4. The molecule has 3 aliphatic rings. The Hall–Kier alpha value is -4.34. The summed E-state index contributed by atoms with van der Waals surface area (Å²) in [5.41, 5.74) is 2.93. The molecule has 3 aliphatic heterocycles. The average molecular weight is 668 g/mol. The molecule has 5 aromatic rings. The molecule has 0 saturated carbocycles. The van der Waals surface area contributed by atoms with E-state index in [-0.39, 0.29) is 23.5 Å². The number of rotatable bonds is 7. The second-order valence-corrected chi connectivity index (χ2v) is 12.6. The van der Waals surface area contributed by atoms with Crippen LogP contribution in [0.25, 0.3) is 22.7 Å². The summed E-state index contributed by atoms with van der Waals surface area (Å²) >= 11 is 6.04. The number of nitrogens with one attached hydrogen (secondary N) is 1. The summed E-state index contributed by atoms with van der Waals surface area (Å²) in [7, 11) is 0. The maximum Gasteiger partial charge on any atom is 0.451 e. The van der Waals surface area contributed by atoms with Crippen molar-refractivity contribution < 1.29 is 27.4 Å². The SMILES string of the molecule is CC1(c2ccc(Cl)cn2)Oc2cccc(C3CCN(Cc4nc5cc(-c6nnc(C(F)(F)F)[nH]6)nnc5n4CC4CCO4)CC3)c2O1. The number of alkyl halides is 3. The van der Waals surface area contributed by atoms with Gasteiger partial charge in [-0.1, -0.05) is 23.7 Å². The van der Waals surface area contributed by atoms with E-state index in [2.05, 4.69) is 41.3 Å². The minimum absolute atomic E-state index is 0.0399. The molecule has 2 unspecified atom stereocenters. The summed E-state index contributed by atoms with van der Waals surface area (Å²) in [4.78, 5) is 13.8. The van der Waals surface area contributed by atoms with Crippen molar-refractivity contribution in [1.82, 2.24) is 44.8 Å². The van der Waals surface area contributed by atoms with Crippen molar-refractivity contribution in [2.24, 2.45) is 0 Å². The number of ether oxygens (including phenoxy) is 3. The molecule has 2 atom stereocenters. The number of imidazole rings is 1. The third-order valence-corrected chi connectivity index (χ3v) is 9.17. The van der Waals surface area contributed by atoms with Crippen LogP contribution in [0.1, 0.15) is 55.0 Å². The van der Waals surface area contributed by atoms with E-state index >= 15 is 0 Å². The zero-order valence-electron chi connectivity index (χ0n) is 25.2. The average Bonchev–Trinajstić information content (AvgIpc) is 3.75. The van der Waals surface area contributed by atoms with Crippen LogP contribution in [0.2, 0.25) is 5.02 Å². The van der Waals surface area contributed by atoms with Crippen LogP contribution in [0.15, 0.2) is 42.6 Å². The normalized spacial score (nSPS) is 21.8. The van der Waals surface area contributed by atoms with Crippen molar-refractivity contribution in [3.05, 3.63) is 70.5 Å². The molecule has 0 amide bonds. The van der Waals surface area contributed by atoms with Crippen molar-refractivity contribution in [2.75, 3.05) is 19.7 Å². The standard InChI is InChI=1S/C31H29ClF3N9O3/c1-30(24-6-5-18(32)14-36-24)46-23-4-2-3-20(26(23)47-30)17-7-10-43(11-8-17)16-25-37-22-13-21(27-38-29(42-40-27)31(33,34)35)39-41-28(22)44(25)15-19-9-12-45-19/h2-6,13-14,17,19H,7-12,15-16H2,1H3,(H,38,40,42). The number of piperidine rings is 1. The number of H-pyrrole nitrogens is 1. The van der Waals surface area contributed by atoms with E-state index in [0.717, 1.165) is 49.5 Å². The van der Waals surface area contributed by atoms with E-state index in [4.69, 9.17) is 30.8 Å². The van der Waals surface area contributed by atoms with Gasteiger partial charge in [0.15, 0.2) is 23.0 Å². The fourth-order valence-electron chi connectivity index (χ4n) is 6.36. The Morgan fingerprint density at radius 1 is 1.04 bits per heavy atom. The summed E-state index contributed by atoms with van der Waals surface area (Å²) in [6.07, 6.45) is -0.300. The van der Waals surface area contributed by atoms with Crippen molar-refractivity contribution in [3.63, 3.8) is 0 Å². The molecule has 7 heterocycles. The molecule has 2 fully saturated rings. The zero-order valence-corrected chi connectivity index (χ0v) is 25.9. The molecular weight excluding hydrogens is 639 g/mol. The van der Waals surface area contributed by atoms with Crippen LogP contribution in [0.3, 0.4) is 0 Å². The lowest BCUT2D eigenvalue weighted by molar-refractivity contribution is -0.144. The lowest BCUT2D eigenvalue weighted by Gasteiger charge is -2.33. The third kappa shape index (κ3) is 5.65. The van der Waals surface area contributed by atoms with Crippen LogP contribution >= 0.6 is 11.6 Å². The largest absolute Gasteiger partial charge is 0.451 e.